The van der Waals surface area contributed by atoms with Crippen LogP contribution in [0.4, 0.5) is 10.8 Å². The molecule has 2 heterocycles. The van der Waals surface area contributed by atoms with Crippen molar-refractivity contribution in [2.75, 3.05) is 29.5 Å². The average molecular weight is 257 g/mol. The van der Waals surface area contributed by atoms with E-state index in [1.165, 1.54) is 28.7 Å². The summed E-state index contributed by atoms with van der Waals surface area (Å²) in [5.41, 5.74) is 6.95. The lowest BCUT2D eigenvalue weighted by Gasteiger charge is -2.23. The van der Waals surface area contributed by atoms with Crippen LogP contribution in [0.25, 0.3) is 0 Å². The molecule has 0 spiro atoms. The summed E-state index contributed by atoms with van der Waals surface area (Å²) >= 11 is 3.60. The number of anilines is 2. The summed E-state index contributed by atoms with van der Waals surface area (Å²) in [4.78, 5) is 2.44. The van der Waals surface area contributed by atoms with Crippen molar-refractivity contribution in [3.8, 4) is 0 Å². The van der Waals surface area contributed by atoms with Gasteiger partial charge in [-0.1, -0.05) is 13.8 Å². The zero-order valence-electron chi connectivity index (χ0n) is 10.1. The van der Waals surface area contributed by atoms with E-state index in [-0.39, 0.29) is 0 Å². The van der Waals surface area contributed by atoms with Gasteiger partial charge < -0.3 is 10.6 Å². The molecule has 0 amide bonds. The minimum absolute atomic E-state index is 0.402. The van der Waals surface area contributed by atoms with Crippen LogP contribution in [0.3, 0.4) is 0 Å². The molecule has 0 saturated carbocycles. The van der Waals surface area contributed by atoms with Crippen LogP contribution >= 0.6 is 23.3 Å². The van der Waals surface area contributed by atoms with E-state index in [2.05, 4.69) is 41.8 Å². The van der Waals surface area contributed by atoms with Crippen molar-refractivity contribution in [2.45, 2.75) is 31.9 Å². The summed E-state index contributed by atoms with van der Waals surface area (Å²) in [6.07, 6.45) is 1.22. The predicted molar refractivity (Wildman–Crippen MR) is 74.6 cm³/mol. The Labute approximate surface area is 106 Å². The summed E-state index contributed by atoms with van der Waals surface area (Å²) in [5.74, 6) is 1.88. The highest BCUT2D eigenvalue weighted by Crippen LogP contribution is 2.35. The maximum Gasteiger partial charge on any atom is 0.142 e. The van der Waals surface area contributed by atoms with Crippen molar-refractivity contribution >= 4 is 34.1 Å². The van der Waals surface area contributed by atoms with Crippen molar-refractivity contribution in [1.82, 2.24) is 4.37 Å². The van der Waals surface area contributed by atoms with Crippen LogP contribution in [0.1, 0.15) is 25.8 Å². The van der Waals surface area contributed by atoms with Crippen LogP contribution in [0.15, 0.2) is 0 Å². The van der Waals surface area contributed by atoms with Gasteiger partial charge in [0.1, 0.15) is 10.8 Å². The molecule has 1 aliphatic heterocycles. The Kier molecular flexibility index (Phi) is 3.35. The predicted octanol–water partition coefficient (Wildman–Crippen LogP) is 2.76. The van der Waals surface area contributed by atoms with Crippen molar-refractivity contribution < 1.29 is 0 Å². The van der Waals surface area contributed by atoms with Crippen LogP contribution < -0.4 is 10.6 Å². The molecule has 2 N–H and O–H groups in total. The van der Waals surface area contributed by atoms with Crippen LogP contribution in [0.5, 0.6) is 0 Å². The second-order valence-electron chi connectivity index (χ2n) is 4.84. The molecule has 1 aromatic rings. The molecule has 0 atom stereocenters. The van der Waals surface area contributed by atoms with Gasteiger partial charge in [-0.05, 0) is 24.9 Å². The lowest BCUT2D eigenvalue weighted by molar-refractivity contribution is 0.639. The topological polar surface area (TPSA) is 42.1 Å². The van der Waals surface area contributed by atoms with Gasteiger partial charge in [0.05, 0.1) is 0 Å². The number of nitrogens with two attached hydrogens (primary N) is 1. The first-order valence-corrected chi connectivity index (χ1v) is 7.36. The number of hydrogen-bond donors (Lipinski definition) is 1. The number of rotatable bonds is 1. The number of hydrogen-bond acceptors (Lipinski definition) is 5. The van der Waals surface area contributed by atoms with E-state index in [1.54, 1.807) is 0 Å². The van der Waals surface area contributed by atoms with Gasteiger partial charge in [-0.3, -0.25) is 0 Å². The quantitative estimate of drug-likeness (QED) is 0.840. The first-order valence-electron chi connectivity index (χ1n) is 5.60. The second-order valence-corrected chi connectivity index (χ2v) is 7.40. The third-order valence-corrected chi connectivity index (χ3v) is 5.46. The minimum Gasteiger partial charge on any atom is -0.383 e. The van der Waals surface area contributed by atoms with Crippen LogP contribution in [0.2, 0.25) is 0 Å². The molecule has 90 valence electrons. The lowest BCUT2D eigenvalue weighted by Crippen LogP contribution is -2.26. The van der Waals surface area contributed by atoms with Gasteiger partial charge in [0.25, 0.3) is 0 Å². The molecule has 1 aromatic heterocycles. The largest absolute Gasteiger partial charge is 0.383 e. The maximum atomic E-state index is 5.81. The summed E-state index contributed by atoms with van der Waals surface area (Å²) in [6, 6.07) is 0. The Balaban J connectivity index is 2.14. The Hall–Kier alpha value is -0.420. The van der Waals surface area contributed by atoms with Crippen molar-refractivity contribution in [1.29, 1.82) is 0 Å². The van der Waals surface area contributed by atoms with Gasteiger partial charge in [0.15, 0.2) is 0 Å². The first-order chi connectivity index (χ1) is 7.49. The lowest BCUT2D eigenvalue weighted by atomic mass is 10.1. The minimum atomic E-state index is 0.402. The molecule has 0 bridgehead atoms. The molecule has 2 rings (SSSR count). The summed E-state index contributed by atoms with van der Waals surface area (Å²) in [7, 11) is 0. The molecule has 0 unspecified atom stereocenters. The molecule has 0 radical (unpaired) electrons. The summed E-state index contributed by atoms with van der Waals surface area (Å²) < 4.78 is 4.63. The SMILES string of the molecule is Cc1c(N)nsc1N1CCSC(C)(C)CC1. The third kappa shape index (κ3) is 2.46. The molecular weight excluding hydrogens is 238 g/mol. The highest BCUT2D eigenvalue weighted by molar-refractivity contribution is 8.00. The second kappa shape index (κ2) is 4.45. The van der Waals surface area contributed by atoms with Gasteiger partial charge in [0.2, 0.25) is 0 Å². The van der Waals surface area contributed by atoms with Crippen LogP contribution in [0, 0.1) is 6.92 Å². The van der Waals surface area contributed by atoms with Crippen molar-refractivity contribution in [2.24, 2.45) is 0 Å². The van der Waals surface area contributed by atoms with Crippen LogP contribution in [-0.2, 0) is 0 Å². The molecule has 16 heavy (non-hydrogen) atoms. The molecule has 0 aromatic carbocycles. The molecule has 3 nitrogen and oxygen atoms in total. The normalized spacial score (nSPS) is 20.8. The molecule has 1 aliphatic rings. The van der Waals surface area contributed by atoms with Crippen molar-refractivity contribution in [3.05, 3.63) is 5.56 Å². The summed E-state index contributed by atoms with van der Waals surface area (Å²) in [5, 5.41) is 1.26. The van der Waals surface area contributed by atoms with Gasteiger partial charge in [-0.15, -0.1) is 0 Å². The molecule has 1 saturated heterocycles. The van der Waals surface area contributed by atoms with Crippen LogP contribution in [-0.4, -0.2) is 28.0 Å². The molecule has 1 fully saturated rings. The van der Waals surface area contributed by atoms with E-state index < -0.39 is 0 Å². The van der Waals surface area contributed by atoms with E-state index in [0.29, 0.717) is 10.6 Å². The smallest absolute Gasteiger partial charge is 0.142 e. The fourth-order valence-corrected chi connectivity index (χ4v) is 3.82. The van der Waals surface area contributed by atoms with Gasteiger partial charge in [-0.25, -0.2) is 0 Å². The molecule has 5 heteroatoms. The van der Waals surface area contributed by atoms with Gasteiger partial charge >= 0.3 is 0 Å². The maximum absolute atomic E-state index is 5.81. The Morgan fingerprint density at radius 3 is 2.75 bits per heavy atom. The van der Waals surface area contributed by atoms with E-state index in [0.717, 1.165) is 18.7 Å². The van der Waals surface area contributed by atoms with Gasteiger partial charge in [-0.2, -0.15) is 16.1 Å². The standard InChI is InChI=1S/C11H19N3S2/c1-8-9(12)13-16-10(8)14-5-4-11(2,3)15-7-6-14/h4-7H2,1-3H3,(H2,12,13). The monoisotopic (exact) mass is 257 g/mol. The third-order valence-electron chi connectivity index (χ3n) is 3.06. The van der Waals surface area contributed by atoms with Gasteiger partial charge in [0, 0.05) is 29.2 Å². The number of nitrogens with zero attached hydrogens (tertiary/aromatic N) is 2. The Morgan fingerprint density at radius 2 is 2.12 bits per heavy atom. The van der Waals surface area contributed by atoms with Crippen molar-refractivity contribution in [3.63, 3.8) is 0 Å². The fraction of sp³-hybridized carbons (Fsp3) is 0.727. The Bertz CT molecular complexity index is 373. The highest BCUT2D eigenvalue weighted by Gasteiger charge is 2.25. The number of aromatic nitrogens is 1. The number of thioether (sulfide) groups is 1. The average Bonchev–Trinajstić information content (AvgIpc) is 2.45. The Morgan fingerprint density at radius 1 is 1.38 bits per heavy atom. The number of nitrogen functional groups attached to an aromatic ring is 1. The fourth-order valence-electron chi connectivity index (χ4n) is 1.86. The molecular formula is C11H19N3S2. The van der Waals surface area contributed by atoms with E-state index >= 15 is 0 Å². The summed E-state index contributed by atoms with van der Waals surface area (Å²) in [6.45, 7) is 8.94. The zero-order valence-corrected chi connectivity index (χ0v) is 11.7. The molecule has 0 aliphatic carbocycles. The first kappa shape index (κ1) is 12.0. The van der Waals surface area contributed by atoms with E-state index in [1.807, 2.05) is 0 Å². The zero-order chi connectivity index (χ0) is 11.8. The van der Waals surface area contributed by atoms with E-state index in [4.69, 9.17) is 5.73 Å². The highest BCUT2D eigenvalue weighted by atomic mass is 32.2. The van der Waals surface area contributed by atoms with E-state index in [9.17, 15) is 0 Å².